The van der Waals surface area contributed by atoms with E-state index in [0.717, 1.165) is 48.6 Å². The fourth-order valence-corrected chi connectivity index (χ4v) is 5.37. The van der Waals surface area contributed by atoms with Crippen molar-refractivity contribution in [3.05, 3.63) is 69.8 Å². The summed E-state index contributed by atoms with van der Waals surface area (Å²) in [5, 5.41) is 11.2. The molecule has 1 aliphatic heterocycles. The van der Waals surface area contributed by atoms with E-state index >= 15 is 0 Å². The summed E-state index contributed by atoms with van der Waals surface area (Å²) in [6.45, 7) is 9.99. The fraction of sp³-hybridized carbons (Fsp3) is 0.444. The van der Waals surface area contributed by atoms with Crippen molar-refractivity contribution in [3.8, 4) is 11.3 Å². The van der Waals surface area contributed by atoms with Crippen LogP contribution in [0.5, 0.6) is 0 Å². The molecule has 1 atom stereocenters. The number of carbonyl (C=O) groups excluding carboxylic acids is 1. The molecule has 2 N–H and O–H groups in total. The summed E-state index contributed by atoms with van der Waals surface area (Å²) in [6.07, 6.45) is 6.84. The Morgan fingerprint density at radius 2 is 2.09 bits per heavy atom. The number of thiophene rings is 1. The molecule has 0 unspecified atom stereocenters. The molecule has 1 fully saturated rings. The highest BCUT2D eigenvalue weighted by Gasteiger charge is 2.23. The Balaban J connectivity index is 1.22. The molecule has 0 radical (unpaired) electrons. The van der Waals surface area contributed by atoms with Gasteiger partial charge < -0.3 is 15.5 Å². The molecule has 3 aromatic rings. The second-order valence-corrected chi connectivity index (χ2v) is 10.0. The summed E-state index contributed by atoms with van der Waals surface area (Å²) < 4.78 is 0. The average Bonchev–Trinajstić information content (AvgIpc) is 3.37. The first-order chi connectivity index (χ1) is 16.5. The van der Waals surface area contributed by atoms with Crippen molar-refractivity contribution in [2.75, 3.05) is 19.6 Å². The van der Waals surface area contributed by atoms with Gasteiger partial charge in [0.25, 0.3) is 5.91 Å². The maximum absolute atomic E-state index is 12.9. The second kappa shape index (κ2) is 11.7. The van der Waals surface area contributed by atoms with E-state index < -0.39 is 0 Å². The van der Waals surface area contributed by atoms with Gasteiger partial charge in [0.15, 0.2) is 0 Å². The van der Waals surface area contributed by atoms with Crippen LogP contribution in [0.2, 0.25) is 0 Å². The lowest BCUT2D eigenvalue weighted by Crippen LogP contribution is -2.46. The molecule has 0 saturated carbocycles. The van der Waals surface area contributed by atoms with Crippen LogP contribution in [0.15, 0.2) is 47.4 Å². The van der Waals surface area contributed by atoms with Crippen molar-refractivity contribution >= 4 is 17.2 Å². The van der Waals surface area contributed by atoms with E-state index in [9.17, 15) is 4.79 Å². The van der Waals surface area contributed by atoms with E-state index in [1.165, 1.54) is 18.4 Å². The summed E-state index contributed by atoms with van der Waals surface area (Å²) in [5.41, 5.74) is 5.55. The predicted octanol–water partition coefficient (Wildman–Crippen LogP) is 4.58. The Labute approximate surface area is 206 Å². The maximum Gasteiger partial charge on any atom is 0.253 e. The molecule has 6 nitrogen and oxygen atoms in total. The summed E-state index contributed by atoms with van der Waals surface area (Å²) >= 11 is 1.76. The third-order valence-corrected chi connectivity index (χ3v) is 7.49. The number of nitrogens with zero attached hydrogens (tertiary/aromatic N) is 3. The highest BCUT2D eigenvalue weighted by atomic mass is 32.1. The maximum atomic E-state index is 12.9. The third-order valence-electron chi connectivity index (χ3n) is 6.76. The fourth-order valence-electron chi connectivity index (χ4n) is 4.70. The Bertz CT molecular complexity index is 1040. The summed E-state index contributed by atoms with van der Waals surface area (Å²) in [6, 6.07) is 9.09. The molecule has 4 rings (SSSR count). The lowest BCUT2D eigenvalue weighted by atomic mass is 10.0. The van der Waals surface area contributed by atoms with Gasteiger partial charge in [0.1, 0.15) is 0 Å². The number of rotatable bonds is 9. The molecule has 7 heteroatoms. The minimum absolute atomic E-state index is 0.0382. The van der Waals surface area contributed by atoms with E-state index in [0.29, 0.717) is 24.2 Å². The number of nitrogens with one attached hydrogen (secondary N) is 2. The topological polar surface area (TPSA) is 70.2 Å². The van der Waals surface area contributed by atoms with Gasteiger partial charge in [0, 0.05) is 43.1 Å². The van der Waals surface area contributed by atoms with Crippen LogP contribution in [0, 0.1) is 13.8 Å². The quantitative estimate of drug-likeness (QED) is 0.472. The van der Waals surface area contributed by atoms with Crippen LogP contribution >= 0.6 is 11.3 Å². The Kier molecular flexibility index (Phi) is 8.43. The van der Waals surface area contributed by atoms with E-state index in [1.807, 2.05) is 32.0 Å². The molecule has 1 amide bonds. The number of likely N-dealkylation sites (tertiary alicyclic amines) is 1. The van der Waals surface area contributed by atoms with Crippen molar-refractivity contribution in [2.24, 2.45) is 0 Å². The third kappa shape index (κ3) is 6.29. The zero-order valence-corrected chi connectivity index (χ0v) is 21.2. The monoisotopic (exact) mass is 477 g/mol. The van der Waals surface area contributed by atoms with Crippen LogP contribution in [0.4, 0.5) is 0 Å². The molecule has 180 valence electrons. The number of aryl methyl sites for hydroxylation is 2. The Morgan fingerprint density at radius 3 is 2.76 bits per heavy atom. The first-order valence-corrected chi connectivity index (χ1v) is 13.1. The van der Waals surface area contributed by atoms with Crippen LogP contribution in [0.25, 0.3) is 11.3 Å². The van der Waals surface area contributed by atoms with Gasteiger partial charge in [0.05, 0.1) is 17.0 Å². The Hall–Kier alpha value is -2.61. The number of piperidine rings is 1. The van der Waals surface area contributed by atoms with Gasteiger partial charge >= 0.3 is 0 Å². The van der Waals surface area contributed by atoms with Crippen molar-refractivity contribution in [3.63, 3.8) is 0 Å². The summed E-state index contributed by atoms with van der Waals surface area (Å²) in [4.78, 5) is 24.3. The van der Waals surface area contributed by atoms with Crippen molar-refractivity contribution in [1.82, 2.24) is 25.5 Å². The van der Waals surface area contributed by atoms with Gasteiger partial charge in [-0.25, -0.2) is 0 Å². The normalized spacial score (nSPS) is 15.9. The van der Waals surface area contributed by atoms with Gasteiger partial charge in [-0.15, -0.1) is 0 Å². The minimum atomic E-state index is -0.0382. The van der Waals surface area contributed by atoms with Gasteiger partial charge in [-0.3, -0.25) is 14.8 Å². The molecule has 3 aromatic heterocycles. The zero-order valence-electron chi connectivity index (χ0n) is 20.4. The number of hydrogen-bond donors (Lipinski definition) is 2. The zero-order chi connectivity index (χ0) is 23.9. The highest BCUT2D eigenvalue weighted by molar-refractivity contribution is 7.07. The molecule has 1 saturated heterocycles. The van der Waals surface area contributed by atoms with Crippen LogP contribution in [-0.4, -0.2) is 52.5 Å². The first kappa shape index (κ1) is 24.5. The molecule has 0 aromatic carbocycles. The molecule has 0 spiro atoms. The van der Waals surface area contributed by atoms with Crippen molar-refractivity contribution in [1.29, 1.82) is 0 Å². The standard InChI is InChI=1S/C27H35N5OS/c1-19-15-25(23-5-4-10-28-17-23)31-21(3)26(19)27(33)29-11-6-20(2)32-12-7-24(8-13-32)30-16-22-9-14-34-18-22/h4-5,9-10,14-15,17-18,20,24,30H,6-8,11-13,16H2,1-3H3,(H,29,33)/t20-/m1/s1. The van der Waals surface area contributed by atoms with Crippen LogP contribution < -0.4 is 10.6 Å². The molecule has 1 aliphatic rings. The van der Waals surface area contributed by atoms with E-state index in [1.54, 1.807) is 23.7 Å². The Morgan fingerprint density at radius 1 is 1.26 bits per heavy atom. The molecule has 0 bridgehead atoms. The van der Waals surface area contributed by atoms with Crippen LogP contribution in [0.3, 0.4) is 0 Å². The number of pyridine rings is 2. The summed E-state index contributed by atoms with van der Waals surface area (Å²) in [5.74, 6) is -0.0382. The predicted molar refractivity (Wildman–Crippen MR) is 139 cm³/mol. The van der Waals surface area contributed by atoms with Gasteiger partial charge in [-0.05, 0) is 99.3 Å². The number of aromatic nitrogens is 2. The van der Waals surface area contributed by atoms with Gasteiger partial charge in [0.2, 0.25) is 0 Å². The molecular formula is C27H35N5OS. The largest absolute Gasteiger partial charge is 0.352 e. The number of carbonyl (C=O) groups is 1. The smallest absolute Gasteiger partial charge is 0.253 e. The molecular weight excluding hydrogens is 442 g/mol. The second-order valence-electron chi connectivity index (χ2n) is 9.24. The van der Waals surface area contributed by atoms with E-state index in [4.69, 9.17) is 0 Å². The van der Waals surface area contributed by atoms with E-state index in [-0.39, 0.29) is 5.91 Å². The lowest BCUT2D eigenvalue weighted by Gasteiger charge is -2.36. The van der Waals surface area contributed by atoms with Crippen molar-refractivity contribution in [2.45, 2.75) is 58.7 Å². The minimum Gasteiger partial charge on any atom is -0.352 e. The highest BCUT2D eigenvalue weighted by Crippen LogP contribution is 2.22. The van der Waals surface area contributed by atoms with E-state index in [2.05, 4.69) is 49.3 Å². The SMILES string of the molecule is Cc1cc(-c2cccnc2)nc(C)c1C(=O)NCC[C@@H](C)N1CCC(NCc2ccsc2)CC1. The molecule has 4 heterocycles. The molecule has 34 heavy (non-hydrogen) atoms. The number of amides is 1. The molecule has 0 aliphatic carbocycles. The van der Waals surface area contributed by atoms with Crippen molar-refractivity contribution < 1.29 is 4.79 Å². The summed E-state index contributed by atoms with van der Waals surface area (Å²) in [7, 11) is 0. The van der Waals surface area contributed by atoms with Gasteiger partial charge in [-0.1, -0.05) is 0 Å². The van der Waals surface area contributed by atoms with Crippen LogP contribution in [0.1, 0.15) is 53.4 Å². The number of hydrogen-bond acceptors (Lipinski definition) is 6. The van der Waals surface area contributed by atoms with Gasteiger partial charge in [-0.2, -0.15) is 11.3 Å². The first-order valence-electron chi connectivity index (χ1n) is 12.2. The van der Waals surface area contributed by atoms with Crippen LogP contribution in [-0.2, 0) is 6.54 Å². The lowest BCUT2D eigenvalue weighted by molar-refractivity contribution is 0.0942. The average molecular weight is 478 g/mol.